The Balaban J connectivity index is 2.11. The van der Waals surface area contributed by atoms with Gasteiger partial charge >= 0.3 is 5.97 Å². The van der Waals surface area contributed by atoms with E-state index in [9.17, 15) is 4.79 Å². The van der Waals surface area contributed by atoms with Crippen molar-refractivity contribution in [3.05, 3.63) is 58.1 Å². The number of esters is 1. The molecule has 0 unspecified atom stereocenters. The van der Waals surface area contributed by atoms with Gasteiger partial charge in [-0.2, -0.15) is 5.26 Å². The minimum Gasteiger partial charge on any atom is -0.493 e. The monoisotopic (exact) mass is 415 g/mol. The Hall–Kier alpha value is -3.17. The van der Waals surface area contributed by atoms with Crippen molar-refractivity contribution in [1.82, 2.24) is 0 Å². The molecule has 2 aromatic rings. The molecule has 0 aromatic heterocycles. The van der Waals surface area contributed by atoms with Crippen molar-refractivity contribution >= 4 is 23.6 Å². The summed E-state index contributed by atoms with van der Waals surface area (Å²) in [5.41, 5.74) is 1.42. The van der Waals surface area contributed by atoms with Gasteiger partial charge in [0, 0.05) is 0 Å². The fourth-order valence-electron chi connectivity index (χ4n) is 2.49. The number of carbonyl (C=O) groups excluding carboxylic acids is 1. The molecule has 0 atom stereocenters. The Kier molecular flexibility index (Phi) is 8.38. The van der Waals surface area contributed by atoms with Gasteiger partial charge in [0.15, 0.2) is 11.5 Å². The highest BCUT2D eigenvalue weighted by atomic mass is 35.5. The Morgan fingerprint density at radius 2 is 1.90 bits per heavy atom. The van der Waals surface area contributed by atoms with E-state index in [1.807, 2.05) is 37.3 Å². The van der Waals surface area contributed by atoms with Gasteiger partial charge in [-0.15, -0.1) is 0 Å². The second-order valence-electron chi connectivity index (χ2n) is 5.89. The second kappa shape index (κ2) is 11.0. The third-order valence-electron chi connectivity index (χ3n) is 3.86. The zero-order valence-corrected chi connectivity index (χ0v) is 17.3. The maximum atomic E-state index is 11.8. The Morgan fingerprint density at radius 1 is 1.17 bits per heavy atom. The minimum atomic E-state index is -0.696. The molecule has 0 N–H and O–H groups in total. The van der Waals surface area contributed by atoms with E-state index >= 15 is 0 Å². The quantitative estimate of drug-likeness (QED) is 0.258. The van der Waals surface area contributed by atoms with Crippen LogP contribution >= 0.6 is 11.6 Å². The molecule has 0 radical (unpaired) electrons. The number of methoxy groups -OCH3 is 1. The van der Waals surface area contributed by atoms with Gasteiger partial charge in [0.05, 0.1) is 18.7 Å². The first-order valence-electron chi connectivity index (χ1n) is 8.97. The molecule has 152 valence electrons. The van der Waals surface area contributed by atoms with Gasteiger partial charge in [0.25, 0.3) is 0 Å². The van der Waals surface area contributed by atoms with E-state index in [0.29, 0.717) is 23.7 Å². The van der Waals surface area contributed by atoms with Crippen molar-refractivity contribution in [2.75, 3.05) is 26.9 Å². The van der Waals surface area contributed by atoms with Crippen molar-refractivity contribution in [3.8, 4) is 23.3 Å². The summed E-state index contributed by atoms with van der Waals surface area (Å²) in [7, 11) is 1.48. The Labute approximate surface area is 175 Å². The van der Waals surface area contributed by atoms with E-state index < -0.39 is 5.97 Å². The number of benzene rings is 2. The number of para-hydroxylation sites is 1. The molecule has 29 heavy (non-hydrogen) atoms. The minimum absolute atomic E-state index is 0.134. The summed E-state index contributed by atoms with van der Waals surface area (Å²) in [5, 5.41) is 9.45. The molecule has 0 saturated heterocycles. The smallest absolute Gasteiger partial charge is 0.348 e. The lowest BCUT2D eigenvalue weighted by molar-refractivity contribution is -0.137. The number of rotatable bonds is 9. The predicted octanol–water partition coefficient (Wildman–Crippen LogP) is 4.58. The van der Waals surface area contributed by atoms with Crippen LogP contribution in [0.25, 0.3) is 6.08 Å². The zero-order chi connectivity index (χ0) is 21.2. The van der Waals surface area contributed by atoms with E-state index in [2.05, 4.69) is 0 Å². The number of hydrogen-bond donors (Lipinski definition) is 0. The molecule has 0 heterocycles. The summed E-state index contributed by atoms with van der Waals surface area (Å²) in [6.45, 7) is 4.40. The highest BCUT2D eigenvalue weighted by Gasteiger charge is 2.14. The van der Waals surface area contributed by atoms with Crippen molar-refractivity contribution < 1.29 is 23.7 Å². The average Bonchev–Trinajstić information content (AvgIpc) is 2.71. The molecule has 0 spiro atoms. The van der Waals surface area contributed by atoms with E-state index in [1.54, 1.807) is 19.1 Å². The number of ether oxygens (including phenoxy) is 4. The summed E-state index contributed by atoms with van der Waals surface area (Å²) in [6, 6.07) is 12.7. The third-order valence-corrected chi connectivity index (χ3v) is 4.14. The fraction of sp³-hybridized carbons (Fsp3) is 0.273. The molecule has 0 saturated carbocycles. The van der Waals surface area contributed by atoms with Crippen LogP contribution in [-0.2, 0) is 9.53 Å². The van der Waals surface area contributed by atoms with Gasteiger partial charge in [-0.05, 0) is 49.2 Å². The predicted molar refractivity (Wildman–Crippen MR) is 110 cm³/mol. The Bertz CT molecular complexity index is 933. The first-order chi connectivity index (χ1) is 14.0. The molecule has 0 bridgehead atoms. The van der Waals surface area contributed by atoms with Crippen LogP contribution in [0.15, 0.2) is 42.0 Å². The molecule has 2 rings (SSSR count). The molecular formula is C22H22ClNO5. The molecular weight excluding hydrogens is 394 g/mol. The Morgan fingerprint density at radius 3 is 2.55 bits per heavy atom. The van der Waals surface area contributed by atoms with Crippen molar-refractivity contribution in [1.29, 1.82) is 5.26 Å². The van der Waals surface area contributed by atoms with Crippen LogP contribution < -0.4 is 14.2 Å². The van der Waals surface area contributed by atoms with Crippen LogP contribution in [0.2, 0.25) is 5.02 Å². The lowest BCUT2D eigenvalue weighted by atomic mass is 10.1. The van der Waals surface area contributed by atoms with E-state index in [1.165, 1.54) is 13.2 Å². The van der Waals surface area contributed by atoms with Crippen molar-refractivity contribution in [3.63, 3.8) is 0 Å². The number of nitrogens with zero attached hydrogens (tertiary/aromatic N) is 1. The average molecular weight is 416 g/mol. The van der Waals surface area contributed by atoms with Gasteiger partial charge in [0.2, 0.25) is 0 Å². The molecule has 7 heteroatoms. The number of hydrogen-bond acceptors (Lipinski definition) is 6. The van der Waals surface area contributed by atoms with Crippen molar-refractivity contribution in [2.45, 2.75) is 13.8 Å². The number of aryl methyl sites for hydroxylation is 1. The van der Waals surface area contributed by atoms with E-state index in [4.69, 9.17) is 35.8 Å². The van der Waals surface area contributed by atoms with Crippen molar-refractivity contribution in [2.24, 2.45) is 0 Å². The maximum absolute atomic E-state index is 11.8. The second-order valence-corrected chi connectivity index (χ2v) is 6.29. The third kappa shape index (κ3) is 6.16. The van der Waals surface area contributed by atoms with Crippen LogP contribution in [-0.4, -0.2) is 32.9 Å². The van der Waals surface area contributed by atoms with E-state index in [0.717, 1.165) is 11.3 Å². The highest BCUT2D eigenvalue weighted by Crippen LogP contribution is 2.37. The summed E-state index contributed by atoms with van der Waals surface area (Å²) in [5.74, 6) is 0.826. The van der Waals surface area contributed by atoms with Gasteiger partial charge in [-0.3, -0.25) is 0 Å². The maximum Gasteiger partial charge on any atom is 0.348 e. The lowest BCUT2D eigenvalue weighted by Crippen LogP contribution is -2.10. The molecule has 2 aromatic carbocycles. The topological polar surface area (TPSA) is 77.8 Å². The van der Waals surface area contributed by atoms with Gasteiger partial charge in [0.1, 0.15) is 30.6 Å². The first kappa shape index (κ1) is 22.1. The standard InChI is InChI=1S/C22H22ClNO5/c1-4-27-22(25)17(14-24)11-16-12-18(23)21(20(13-16)26-3)29-10-9-28-19-8-6-5-7-15(19)2/h5-8,11-13H,4,9-10H2,1-3H3. The molecule has 0 fully saturated rings. The van der Waals surface area contributed by atoms with Crippen LogP contribution in [0.3, 0.4) is 0 Å². The molecule has 0 amide bonds. The van der Waals surface area contributed by atoms with Crippen LogP contribution in [0.1, 0.15) is 18.1 Å². The zero-order valence-electron chi connectivity index (χ0n) is 16.5. The molecule has 6 nitrogen and oxygen atoms in total. The first-order valence-corrected chi connectivity index (χ1v) is 9.35. The van der Waals surface area contributed by atoms with Crippen LogP contribution in [0, 0.1) is 18.3 Å². The molecule has 0 aliphatic rings. The van der Waals surface area contributed by atoms with Gasteiger partial charge in [-0.1, -0.05) is 29.8 Å². The summed E-state index contributed by atoms with van der Waals surface area (Å²) < 4.78 is 21.6. The lowest BCUT2D eigenvalue weighted by Gasteiger charge is -2.14. The summed E-state index contributed by atoms with van der Waals surface area (Å²) in [6.07, 6.45) is 1.39. The fourth-order valence-corrected chi connectivity index (χ4v) is 2.76. The van der Waals surface area contributed by atoms with Crippen LogP contribution in [0.4, 0.5) is 0 Å². The normalized spacial score (nSPS) is 10.8. The summed E-state index contributed by atoms with van der Waals surface area (Å²) >= 11 is 6.33. The molecule has 0 aliphatic carbocycles. The van der Waals surface area contributed by atoms with Gasteiger partial charge in [-0.25, -0.2) is 4.79 Å². The van der Waals surface area contributed by atoms with Crippen LogP contribution in [0.5, 0.6) is 17.2 Å². The van der Waals surface area contributed by atoms with Gasteiger partial charge < -0.3 is 18.9 Å². The largest absolute Gasteiger partial charge is 0.493 e. The number of carbonyl (C=O) groups is 1. The van der Waals surface area contributed by atoms with E-state index in [-0.39, 0.29) is 23.8 Å². The molecule has 0 aliphatic heterocycles. The number of nitriles is 1. The SMILES string of the molecule is CCOC(=O)C(C#N)=Cc1cc(Cl)c(OCCOc2ccccc2C)c(OC)c1. The summed E-state index contributed by atoms with van der Waals surface area (Å²) in [4.78, 5) is 11.8. The number of halogens is 1. The highest BCUT2D eigenvalue weighted by molar-refractivity contribution is 6.32.